The first-order valence-electron chi connectivity index (χ1n) is 6.90. The van der Waals surface area contributed by atoms with Crippen LogP contribution in [0.5, 0.6) is 0 Å². The maximum Gasteiger partial charge on any atom is 0.240 e. The Morgan fingerprint density at radius 2 is 1.95 bits per heavy atom. The molecule has 4 nitrogen and oxygen atoms in total. The van der Waals surface area contributed by atoms with Crippen LogP contribution in [0.4, 0.5) is 0 Å². The Hall–Kier alpha value is -0.910. The fraction of sp³-hybridized carbons (Fsp3) is 0.571. The molecule has 0 saturated heterocycles. The van der Waals surface area contributed by atoms with Crippen molar-refractivity contribution in [1.29, 1.82) is 0 Å². The molecule has 0 aromatic heterocycles. The van der Waals surface area contributed by atoms with Gasteiger partial charge in [0.05, 0.1) is 4.90 Å². The van der Waals surface area contributed by atoms with Crippen molar-refractivity contribution >= 4 is 10.0 Å². The lowest BCUT2D eigenvalue weighted by Crippen LogP contribution is -2.30. The highest BCUT2D eigenvalue weighted by Crippen LogP contribution is 2.23. The number of benzene rings is 1. The predicted octanol–water partition coefficient (Wildman–Crippen LogP) is 2.00. The van der Waals surface area contributed by atoms with E-state index in [0.29, 0.717) is 23.9 Å². The van der Waals surface area contributed by atoms with Crippen molar-refractivity contribution in [2.45, 2.75) is 43.5 Å². The molecule has 3 N–H and O–H groups in total. The highest BCUT2D eigenvalue weighted by atomic mass is 32.2. The zero-order chi connectivity index (χ0) is 13.7. The molecule has 0 radical (unpaired) electrons. The second-order valence-corrected chi connectivity index (χ2v) is 6.97. The predicted molar refractivity (Wildman–Crippen MR) is 76.1 cm³/mol. The maximum atomic E-state index is 12.2. The first kappa shape index (κ1) is 14.5. The average molecular weight is 282 g/mol. The molecule has 1 aliphatic rings. The van der Waals surface area contributed by atoms with Crippen molar-refractivity contribution in [3.8, 4) is 0 Å². The van der Waals surface area contributed by atoms with Gasteiger partial charge in [-0.05, 0) is 36.5 Å². The Bertz CT molecular complexity index is 508. The number of hydrogen-bond acceptors (Lipinski definition) is 3. The minimum atomic E-state index is -3.40. The molecule has 1 aromatic carbocycles. The van der Waals surface area contributed by atoms with Gasteiger partial charge in [0.25, 0.3) is 0 Å². The molecule has 0 aliphatic heterocycles. The zero-order valence-electron chi connectivity index (χ0n) is 11.1. The summed E-state index contributed by atoms with van der Waals surface area (Å²) in [5.74, 6) is 0.487. The van der Waals surface area contributed by atoms with Crippen LogP contribution in [0.25, 0.3) is 0 Å². The van der Waals surface area contributed by atoms with Crippen LogP contribution in [0.2, 0.25) is 0 Å². The van der Waals surface area contributed by atoms with E-state index in [1.807, 2.05) is 6.07 Å². The fourth-order valence-corrected chi connectivity index (χ4v) is 3.73. The lowest BCUT2D eigenvalue weighted by Gasteiger charge is -2.21. The molecule has 19 heavy (non-hydrogen) atoms. The van der Waals surface area contributed by atoms with Crippen molar-refractivity contribution in [2.24, 2.45) is 11.7 Å². The van der Waals surface area contributed by atoms with E-state index in [4.69, 9.17) is 5.73 Å². The average Bonchev–Trinajstić information content (AvgIpc) is 2.46. The summed E-state index contributed by atoms with van der Waals surface area (Å²) in [6, 6.07) is 6.82. The number of sulfonamides is 1. The minimum absolute atomic E-state index is 0.311. The molecule has 1 aromatic rings. The molecule has 0 spiro atoms. The summed E-state index contributed by atoms with van der Waals surface area (Å²) in [6.07, 6.45) is 5.97. The number of nitrogens with two attached hydrogens (primary N) is 1. The first-order valence-corrected chi connectivity index (χ1v) is 8.39. The standard InChI is InChI=1S/C14H22N2O2S/c15-10-13-7-4-8-14(9-13)19(17,18)16-11-12-5-2-1-3-6-12/h4,7-9,12,16H,1-3,5-6,10-11,15H2. The summed E-state index contributed by atoms with van der Waals surface area (Å²) >= 11 is 0. The van der Waals surface area contributed by atoms with Gasteiger partial charge in [0.2, 0.25) is 10.0 Å². The van der Waals surface area contributed by atoms with Gasteiger partial charge in [0.15, 0.2) is 0 Å². The molecule has 0 atom stereocenters. The van der Waals surface area contributed by atoms with E-state index >= 15 is 0 Å². The zero-order valence-corrected chi connectivity index (χ0v) is 12.0. The lowest BCUT2D eigenvalue weighted by molar-refractivity contribution is 0.357. The van der Waals surface area contributed by atoms with Crippen LogP contribution in [-0.2, 0) is 16.6 Å². The topological polar surface area (TPSA) is 72.2 Å². The minimum Gasteiger partial charge on any atom is -0.326 e. The van der Waals surface area contributed by atoms with E-state index in [2.05, 4.69) is 4.72 Å². The van der Waals surface area contributed by atoms with Gasteiger partial charge in [-0.15, -0.1) is 0 Å². The molecule has 0 amide bonds. The number of rotatable bonds is 5. The second kappa shape index (κ2) is 6.50. The van der Waals surface area contributed by atoms with Crippen molar-refractivity contribution in [3.05, 3.63) is 29.8 Å². The van der Waals surface area contributed by atoms with Gasteiger partial charge in [-0.2, -0.15) is 0 Å². The highest BCUT2D eigenvalue weighted by Gasteiger charge is 2.18. The fourth-order valence-electron chi connectivity index (χ4n) is 2.54. The van der Waals surface area contributed by atoms with Gasteiger partial charge in [-0.3, -0.25) is 0 Å². The Kier molecular flexibility index (Phi) is 4.96. The second-order valence-electron chi connectivity index (χ2n) is 5.21. The van der Waals surface area contributed by atoms with E-state index in [-0.39, 0.29) is 0 Å². The quantitative estimate of drug-likeness (QED) is 0.867. The lowest BCUT2D eigenvalue weighted by atomic mass is 9.90. The summed E-state index contributed by atoms with van der Waals surface area (Å²) in [4.78, 5) is 0.311. The maximum absolute atomic E-state index is 12.2. The van der Waals surface area contributed by atoms with E-state index in [9.17, 15) is 8.42 Å². The largest absolute Gasteiger partial charge is 0.326 e. The van der Waals surface area contributed by atoms with Gasteiger partial charge in [0, 0.05) is 13.1 Å². The van der Waals surface area contributed by atoms with Crippen molar-refractivity contribution in [2.75, 3.05) is 6.54 Å². The SMILES string of the molecule is NCc1cccc(S(=O)(=O)NCC2CCCCC2)c1. The third kappa shape index (κ3) is 4.03. The van der Waals surface area contributed by atoms with Crippen LogP contribution in [0.3, 0.4) is 0 Å². The highest BCUT2D eigenvalue weighted by molar-refractivity contribution is 7.89. The van der Waals surface area contributed by atoms with Gasteiger partial charge >= 0.3 is 0 Å². The van der Waals surface area contributed by atoms with Crippen molar-refractivity contribution < 1.29 is 8.42 Å². The smallest absolute Gasteiger partial charge is 0.240 e. The summed E-state index contributed by atoms with van der Waals surface area (Å²) in [5, 5.41) is 0. The molecule has 1 aliphatic carbocycles. The Balaban J connectivity index is 2.00. The molecule has 0 unspecified atom stereocenters. The first-order chi connectivity index (χ1) is 9.12. The summed E-state index contributed by atoms with van der Waals surface area (Å²) in [5.41, 5.74) is 6.37. The van der Waals surface area contributed by atoms with Gasteiger partial charge in [-0.25, -0.2) is 13.1 Å². The summed E-state index contributed by atoms with van der Waals surface area (Å²) in [7, 11) is -3.40. The molecule has 106 valence electrons. The van der Waals surface area contributed by atoms with Gasteiger partial charge < -0.3 is 5.73 Å². The molecule has 0 heterocycles. The summed E-state index contributed by atoms with van der Waals surface area (Å²) < 4.78 is 27.1. The number of hydrogen-bond donors (Lipinski definition) is 2. The molecule has 1 fully saturated rings. The van der Waals surface area contributed by atoms with Crippen LogP contribution in [0, 0.1) is 5.92 Å². The van der Waals surface area contributed by atoms with Crippen molar-refractivity contribution in [3.63, 3.8) is 0 Å². The van der Waals surface area contributed by atoms with Crippen LogP contribution in [0.1, 0.15) is 37.7 Å². The Labute approximate surface area is 115 Å². The van der Waals surface area contributed by atoms with E-state index in [1.54, 1.807) is 18.2 Å². The molecule has 5 heteroatoms. The van der Waals surface area contributed by atoms with E-state index in [1.165, 1.54) is 19.3 Å². The molecular weight excluding hydrogens is 260 g/mol. The van der Waals surface area contributed by atoms with E-state index in [0.717, 1.165) is 18.4 Å². The van der Waals surface area contributed by atoms with Crippen LogP contribution >= 0.6 is 0 Å². The molecular formula is C14H22N2O2S. The number of nitrogens with one attached hydrogen (secondary N) is 1. The molecule has 1 saturated carbocycles. The normalized spacial score (nSPS) is 17.5. The van der Waals surface area contributed by atoms with Crippen LogP contribution < -0.4 is 10.5 Å². The van der Waals surface area contributed by atoms with Crippen LogP contribution in [0.15, 0.2) is 29.2 Å². The third-order valence-corrected chi connectivity index (χ3v) is 5.15. The Morgan fingerprint density at radius 3 is 2.63 bits per heavy atom. The van der Waals surface area contributed by atoms with Crippen LogP contribution in [-0.4, -0.2) is 15.0 Å². The van der Waals surface area contributed by atoms with Gasteiger partial charge in [0.1, 0.15) is 0 Å². The third-order valence-electron chi connectivity index (χ3n) is 3.73. The van der Waals surface area contributed by atoms with Crippen molar-refractivity contribution in [1.82, 2.24) is 4.72 Å². The van der Waals surface area contributed by atoms with E-state index < -0.39 is 10.0 Å². The monoisotopic (exact) mass is 282 g/mol. The Morgan fingerprint density at radius 1 is 1.21 bits per heavy atom. The molecule has 2 rings (SSSR count). The molecule has 0 bridgehead atoms. The van der Waals surface area contributed by atoms with Gasteiger partial charge in [-0.1, -0.05) is 31.4 Å². The summed E-state index contributed by atoms with van der Waals surface area (Å²) in [6.45, 7) is 0.904.